The van der Waals surface area contributed by atoms with E-state index < -0.39 is 12.0 Å². The summed E-state index contributed by atoms with van der Waals surface area (Å²) in [6, 6.07) is -0.430. The highest BCUT2D eigenvalue weighted by atomic mass is 16.4. The summed E-state index contributed by atoms with van der Waals surface area (Å²) in [5.74, 6) is -0.587. The highest BCUT2D eigenvalue weighted by Gasteiger charge is 2.34. The van der Waals surface area contributed by atoms with Crippen molar-refractivity contribution in [2.24, 2.45) is 5.92 Å². The van der Waals surface area contributed by atoms with Crippen LogP contribution in [0.4, 0.5) is 0 Å². The molecule has 1 fully saturated rings. The Bertz CT molecular complexity index is 373. The van der Waals surface area contributed by atoms with Crippen LogP contribution in [0.1, 0.15) is 33.1 Å². The van der Waals surface area contributed by atoms with Crippen LogP contribution in [0.25, 0.3) is 0 Å². The molecule has 3 N–H and O–H groups in total. The molecule has 120 valence electrons. The van der Waals surface area contributed by atoms with Crippen LogP contribution in [0.15, 0.2) is 12.7 Å². The van der Waals surface area contributed by atoms with Gasteiger partial charge in [0.15, 0.2) is 0 Å². The number of amides is 1. The lowest BCUT2D eigenvalue weighted by Crippen LogP contribution is -2.48. The smallest absolute Gasteiger partial charge is 0.320 e. The van der Waals surface area contributed by atoms with Crippen molar-refractivity contribution in [2.45, 2.75) is 45.3 Å². The minimum absolute atomic E-state index is 0.0476. The molecular weight excluding hydrogens is 270 g/mol. The summed E-state index contributed by atoms with van der Waals surface area (Å²) in [5.41, 5.74) is 0. The van der Waals surface area contributed by atoms with Crippen LogP contribution in [0.3, 0.4) is 0 Å². The maximum absolute atomic E-state index is 11.3. The number of aliphatic carboxylic acids is 1. The Balaban J connectivity index is 2.43. The van der Waals surface area contributed by atoms with Crippen LogP contribution in [0.5, 0.6) is 0 Å². The fraction of sp³-hybridized carbons (Fsp3) is 0.733. The van der Waals surface area contributed by atoms with E-state index in [-0.39, 0.29) is 18.0 Å². The van der Waals surface area contributed by atoms with E-state index in [0.29, 0.717) is 19.5 Å². The number of hydrogen-bond donors (Lipinski definition) is 3. The topological polar surface area (TPSA) is 81.7 Å². The van der Waals surface area contributed by atoms with Gasteiger partial charge in [-0.1, -0.05) is 19.4 Å². The molecule has 6 nitrogen and oxygen atoms in total. The van der Waals surface area contributed by atoms with E-state index in [1.807, 2.05) is 11.0 Å². The summed E-state index contributed by atoms with van der Waals surface area (Å²) in [5, 5.41) is 15.4. The lowest BCUT2D eigenvalue weighted by atomic mass is 10.1. The SMILES string of the molecule is C=C[C@@H]1C[C@H](C(=O)O)N(CCNC(CCC)NC(C)=O)C1. The van der Waals surface area contributed by atoms with E-state index in [4.69, 9.17) is 0 Å². The van der Waals surface area contributed by atoms with Gasteiger partial charge in [0.25, 0.3) is 0 Å². The first kappa shape index (κ1) is 17.7. The lowest BCUT2D eigenvalue weighted by Gasteiger charge is -2.24. The molecular formula is C15H27N3O3. The minimum Gasteiger partial charge on any atom is -0.480 e. The van der Waals surface area contributed by atoms with Gasteiger partial charge >= 0.3 is 5.97 Å². The van der Waals surface area contributed by atoms with Gasteiger partial charge in [-0.05, 0) is 18.8 Å². The second kappa shape index (κ2) is 8.79. The first-order valence-corrected chi connectivity index (χ1v) is 7.57. The molecule has 1 aliphatic heterocycles. The maximum Gasteiger partial charge on any atom is 0.320 e. The Hall–Kier alpha value is -1.40. The maximum atomic E-state index is 11.3. The van der Waals surface area contributed by atoms with Crippen molar-refractivity contribution in [3.63, 3.8) is 0 Å². The zero-order valence-corrected chi connectivity index (χ0v) is 13.0. The van der Waals surface area contributed by atoms with Gasteiger partial charge in [-0.2, -0.15) is 0 Å². The first-order valence-electron chi connectivity index (χ1n) is 7.57. The van der Waals surface area contributed by atoms with Gasteiger partial charge in [0.05, 0.1) is 6.17 Å². The van der Waals surface area contributed by atoms with Gasteiger partial charge in [0.1, 0.15) is 6.04 Å². The molecule has 0 saturated carbocycles. The molecule has 1 heterocycles. The van der Waals surface area contributed by atoms with Gasteiger partial charge in [-0.25, -0.2) is 0 Å². The molecule has 1 unspecified atom stereocenters. The number of carbonyl (C=O) groups is 2. The van der Waals surface area contributed by atoms with Crippen molar-refractivity contribution >= 4 is 11.9 Å². The Morgan fingerprint density at radius 2 is 2.24 bits per heavy atom. The second-order valence-electron chi connectivity index (χ2n) is 5.58. The van der Waals surface area contributed by atoms with Crippen molar-refractivity contribution in [2.75, 3.05) is 19.6 Å². The van der Waals surface area contributed by atoms with Crippen molar-refractivity contribution in [1.82, 2.24) is 15.5 Å². The normalized spacial score (nSPS) is 23.7. The quantitative estimate of drug-likeness (QED) is 0.433. The van der Waals surface area contributed by atoms with Crippen LogP contribution in [0.2, 0.25) is 0 Å². The molecule has 1 rings (SSSR count). The third-order valence-corrected chi connectivity index (χ3v) is 3.80. The largest absolute Gasteiger partial charge is 0.480 e. The van der Waals surface area contributed by atoms with Gasteiger partial charge in [-0.3, -0.25) is 19.8 Å². The van der Waals surface area contributed by atoms with E-state index >= 15 is 0 Å². The molecule has 0 spiro atoms. The molecule has 0 aliphatic carbocycles. The van der Waals surface area contributed by atoms with E-state index in [9.17, 15) is 14.7 Å². The number of likely N-dealkylation sites (tertiary alicyclic amines) is 1. The van der Waals surface area contributed by atoms with Crippen molar-refractivity contribution in [3.05, 3.63) is 12.7 Å². The van der Waals surface area contributed by atoms with E-state index in [0.717, 1.165) is 19.4 Å². The van der Waals surface area contributed by atoms with Crippen molar-refractivity contribution in [1.29, 1.82) is 0 Å². The standard InChI is InChI=1S/C15H27N3O3/c1-4-6-14(17-11(3)19)16-7-8-18-10-12(5-2)9-13(18)15(20)21/h5,12-14,16H,2,4,6-10H2,1,3H3,(H,17,19)(H,20,21)/t12-,13-,14?/m1/s1. The summed E-state index contributed by atoms with van der Waals surface area (Å²) in [7, 11) is 0. The van der Waals surface area contributed by atoms with Crippen LogP contribution >= 0.6 is 0 Å². The van der Waals surface area contributed by atoms with Crippen LogP contribution in [-0.2, 0) is 9.59 Å². The number of carboxylic acids is 1. The molecule has 0 aromatic heterocycles. The summed E-state index contributed by atoms with van der Waals surface area (Å²) in [4.78, 5) is 24.4. The fourth-order valence-corrected chi connectivity index (χ4v) is 2.76. The highest BCUT2D eigenvalue weighted by molar-refractivity contribution is 5.74. The third kappa shape index (κ3) is 5.85. The molecule has 0 aromatic rings. The number of hydrogen-bond acceptors (Lipinski definition) is 4. The van der Waals surface area contributed by atoms with Gasteiger partial charge < -0.3 is 10.4 Å². The Morgan fingerprint density at radius 1 is 1.52 bits per heavy atom. The number of carboxylic acid groups (broad SMARTS) is 1. The highest BCUT2D eigenvalue weighted by Crippen LogP contribution is 2.23. The average molecular weight is 297 g/mol. The molecule has 6 heteroatoms. The molecule has 1 amide bonds. The minimum atomic E-state index is -0.772. The second-order valence-corrected chi connectivity index (χ2v) is 5.58. The zero-order chi connectivity index (χ0) is 15.8. The molecule has 0 bridgehead atoms. The number of rotatable bonds is 9. The predicted octanol–water partition coefficient (Wildman–Crippen LogP) is 0.799. The number of carbonyl (C=O) groups excluding carboxylic acids is 1. The summed E-state index contributed by atoms with van der Waals surface area (Å²) in [6.07, 6.45) is 4.24. The van der Waals surface area contributed by atoms with E-state index in [2.05, 4.69) is 24.1 Å². The van der Waals surface area contributed by atoms with Gasteiger partial charge in [-0.15, -0.1) is 6.58 Å². The van der Waals surface area contributed by atoms with Crippen LogP contribution in [-0.4, -0.2) is 53.7 Å². The molecule has 0 radical (unpaired) electrons. The zero-order valence-electron chi connectivity index (χ0n) is 13.0. The van der Waals surface area contributed by atoms with Crippen molar-refractivity contribution < 1.29 is 14.7 Å². The molecule has 1 saturated heterocycles. The van der Waals surface area contributed by atoms with Gasteiger partial charge in [0.2, 0.25) is 5.91 Å². The molecule has 21 heavy (non-hydrogen) atoms. The van der Waals surface area contributed by atoms with Crippen LogP contribution in [0, 0.1) is 5.92 Å². The average Bonchev–Trinajstić information content (AvgIpc) is 2.82. The molecule has 3 atom stereocenters. The Kier molecular flexibility index (Phi) is 7.39. The van der Waals surface area contributed by atoms with Gasteiger partial charge in [0, 0.05) is 26.6 Å². The summed E-state index contributed by atoms with van der Waals surface area (Å²) >= 11 is 0. The molecule has 1 aliphatic rings. The van der Waals surface area contributed by atoms with Crippen LogP contribution < -0.4 is 10.6 Å². The number of nitrogens with zero attached hydrogens (tertiary/aromatic N) is 1. The number of nitrogens with one attached hydrogen (secondary N) is 2. The Labute approximate surface area is 126 Å². The Morgan fingerprint density at radius 3 is 2.76 bits per heavy atom. The molecule has 0 aromatic carbocycles. The first-order chi connectivity index (χ1) is 9.97. The predicted molar refractivity (Wildman–Crippen MR) is 81.8 cm³/mol. The van der Waals surface area contributed by atoms with E-state index in [1.165, 1.54) is 6.92 Å². The fourth-order valence-electron chi connectivity index (χ4n) is 2.76. The lowest BCUT2D eigenvalue weighted by molar-refractivity contribution is -0.142. The summed E-state index contributed by atoms with van der Waals surface area (Å²) in [6.45, 7) is 9.36. The monoisotopic (exact) mass is 297 g/mol. The summed E-state index contributed by atoms with van der Waals surface area (Å²) < 4.78 is 0. The van der Waals surface area contributed by atoms with Crippen molar-refractivity contribution in [3.8, 4) is 0 Å². The van der Waals surface area contributed by atoms with E-state index in [1.54, 1.807) is 0 Å². The third-order valence-electron chi connectivity index (χ3n) is 3.80.